The van der Waals surface area contributed by atoms with E-state index in [0.29, 0.717) is 25.0 Å². The van der Waals surface area contributed by atoms with Gasteiger partial charge in [0, 0.05) is 30.9 Å². The molecule has 0 spiro atoms. The number of likely N-dealkylation sites (N-methyl/N-ethyl adjacent to an activating group) is 1. The molecule has 53 heavy (non-hydrogen) atoms. The molecule has 2 amide bonds. The molecule has 6 atom stereocenters. The number of aryl methyl sites for hydroxylation is 1. The van der Waals surface area contributed by atoms with Crippen LogP contribution in [0.4, 0.5) is 13.2 Å². The molecule has 0 bridgehead atoms. The molecule has 15 heteroatoms. The summed E-state index contributed by atoms with van der Waals surface area (Å²) in [7, 11) is 4.08. The smallest absolute Gasteiger partial charge is 0.481 e. The highest BCUT2D eigenvalue weighted by atomic mass is 32.1. The fourth-order valence-corrected chi connectivity index (χ4v) is 7.29. The predicted molar refractivity (Wildman–Crippen MR) is 200 cm³/mol. The Morgan fingerprint density at radius 3 is 2.23 bits per heavy atom. The van der Waals surface area contributed by atoms with Gasteiger partial charge in [0.1, 0.15) is 5.69 Å². The first-order valence-electron chi connectivity index (χ1n) is 18.3. The van der Waals surface area contributed by atoms with Gasteiger partial charge in [-0.1, -0.05) is 71.4 Å². The van der Waals surface area contributed by atoms with Gasteiger partial charge in [-0.2, -0.15) is 13.2 Å². The fraction of sp³-hybridized carbons (Fsp3) is 0.658. The average molecular weight is 770 g/mol. The van der Waals surface area contributed by atoms with E-state index in [2.05, 4.69) is 62.2 Å². The number of hydrogen-bond donors (Lipinski definition) is 4. The van der Waals surface area contributed by atoms with Crippen LogP contribution in [0, 0.1) is 17.8 Å². The quantitative estimate of drug-likeness (QED) is 0.142. The van der Waals surface area contributed by atoms with E-state index in [9.17, 15) is 32.7 Å². The Morgan fingerprint density at radius 2 is 1.70 bits per heavy atom. The molecule has 1 aromatic carbocycles. The highest BCUT2D eigenvalue weighted by Gasteiger charge is 2.40. The third-order valence-electron chi connectivity index (χ3n) is 10.2. The molecule has 1 aliphatic rings. The van der Waals surface area contributed by atoms with Crippen molar-refractivity contribution in [1.29, 1.82) is 0 Å². The summed E-state index contributed by atoms with van der Waals surface area (Å²) < 4.78 is 31.7. The van der Waals surface area contributed by atoms with Crippen LogP contribution < -0.4 is 10.6 Å². The van der Waals surface area contributed by atoms with Crippen molar-refractivity contribution < 1.29 is 42.6 Å². The number of nitrogens with one attached hydrogen (secondary N) is 2. The molecule has 11 nitrogen and oxygen atoms in total. The zero-order chi connectivity index (χ0) is 40.1. The summed E-state index contributed by atoms with van der Waals surface area (Å²) in [6, 6.07) is 9.18. The Kier molecular flexibility index (Phi) is 17.9. The summed E-state index contributed by atoms with van der Waals surface area (Å²) in [6.45, 7) is 13.5. The van der Waals surface area contributed by atoms with Gasteiger partial charge < -0.3 is 20.4 Å². The summed E-state index contributed by atoms with van der Waals surface area (Å²) in [5.74, 6) is -3.95. The minimum absolute atomic E-state index is 0.0201. The number of carboxylic acids is 2. The molecular weight excluding hydrogens is 712 g/mol. The highest BCUT2D eigenvalue weighted by molar-refractivity contribution is 7.09. The molecule has 1 fully saturated rings. The summed E-state index contributed by atoms with van der Waals surface area (Å²) in [4.78, 5) is 56.8. The number of nitrogens with zero attached hydrogens (tertiary/aromatic N) is 3. The number of carbonyl (C=O) groups is 4. The number of benzene rings is 1. The Morgan fingerprint density at radius 1 is 1.08 bits per heavy atom. The number of rotatable bonds is 17. The number of amides is 2. The van der Waals surface area contributed by atoms with Crippen LogP contribution in [0.25, 0.3) is 0 Å². The molecule has 0 unspecified atom stereocenters. The van der Waals surface area contributed by atoms with Gasteiger partial charge in [0.25, 0.3) is 5.91 Å². The SMILES string of the molecule is CC[C@H](C)[C@H](N[C@@]1(C)CCCCN1C)C(=O)N(C)[C@@H](CCc1nc(C(=O)N[C@@H](Cc2ccccc2)C[C@H](C)C(=O)O)cs1)C(C)C.O=C(O)C(F)(F)F. The lowest BCUT2D eigenvalue weighted by Crippen LogP contribution is -2.65. The Balaban J connectivity index is 0.00000126. The van der Waals surface area contributed by atoms with Crippen molar-refractivity contribution in [1.82, 2.24) is 25.4 Å². The normalized spacial score (nSPS) is 19.2. The first-order valence-corrected chi connectivity index (χ1v) is 19.2. The monoisotopic (exact) mass is 769 g/mol. The Bertz CT molecular complexity index is 1480. The zero-order valence-electron chi connectivity index (χ0n) is 32.2. The maximum Gasteiger partial charge on any atom is 0.490 e. The second kappa shape index (κ2) is 20.8. The van der Waals surface area contributed by atoms with Crippen LogP contribution in [0.1, 0.15) is 101 Å². The first kappa shape index (κ1) is 45.6. The molecule has 2 heterocycles. The number of aliphatic carboxylic acids is 2. The predicted octanol–water partition coefficient (Wildman–Crippen LogP) is 6.48. The van der Waals surface area contributed by atoms with Crippen LogP contribution in [0.3, 0.4) is 0 Å². The molecule has 0 saturated carbocycles. The molecule has 4 N–H and O–H groups in total. The standard InChI is InChI=1S/C36H57N5O4S.C2HF3O2/c1-9-25(4)32(39-36(6)19-13-14-20-40(36)7)34(43)41(8)30(24(2)3)17-18-31-38-29(23-46-31)33(42)37-28(21-26(5)35(44)45)22-27-15-11-10-12-16-27;3-2(4,5)1(6)7/h10-12,15-16,23-26,28,30,32,39H,9,13-14,17-22H2,1-8H3,(H,37,42)(H,44,45);(H,6,7)/t25-,26-,28+,30-,32-,36+;/m0./s1. The lowest BCUT2D eigenvalue weighted by molar-refractivity contribution is -0.192. The number of thiazole rings is 1. The number of carbonyl (C=O) groups excluding carboxylic acids is 2. The number of carboxylic acid groups (broad SMARTS) is 2. The largest absolute Gasteiger partial charge is 0.490 e. The number of aromatic nitrogens is 1. The lowest BCUT2D eigenvalue weighted by atomic mass is 9.90. The van der Waals surface area contributed by atoms with Crippen molar-refractivity contribution in [3.63, 3.8) is 0 Å². The van der Waals surface area contributed by atoms with Gasteiger partial charge in [0.2, 0.25) is 5.91 Å². The topological polar surface area (TPSA) is 152 Å². The van der Waals surface area contributed by atoms with Crippen LogP contribution >= 0.6 is 11.3 Å². The van der Waals surface area contributed by atoms with Crippen LogP contribution in [0.15, 0.2) is 35.7 Å². The highest BCUT2D eigenvalue weighted by Crippen LogP contribution is 2.28. The van der Waals surface area contributed by atoms with Crippen molar-refractivity contribution >= 4 is 35.1 Å². The van der Waals surface area contributed by atoms with Crippen molar-refractivity contribution in [2.45, 2.75) is 123 Å². The van der Waals surface area contributed by atoms with Crippen LogP contribution in [0.2, 0.25) is 0 Å². The van der Waals surface area contributed by atoms with E-state index in [-0.39, 0.29) is 47.4 Å². The molecule has 1 aromatic heterocycles. The van der Waals surface area contributed by atoms with Gasteiger partial charge >= 0.3 is 18.1 Å². The number of alkyl halides is 3. The van der Waals surface area contributed by atoms with Gasteiger partial charge in [0.05, 0.1) is 22.6 Å². The van der Waals surface area contributed by atoms with E-state index in [1.54, 1.807) is 12.3 Å². The molecule has 0 radical (unpaired) electrons. The Hall–Kier alpha value is -3.56. The number of hydrogen-bond acceptors (Lipinski definition) is 8. The number of likely N-dealkylation sites (tertiary alicyclic amines) is 1. The molecule has 3 rings (SSSR count). The molecule has 298 valence electrons. The minimum Gasteiger partial charge on any atom is -0.481 e. The molecule has 1 saturated heterocycles. The van der Waals surface area contributed by atoms with E-state index < -0.39 is 24.0 Å². The van der Waals surface area contributed by atoms with E-state index in [1.807, 2.05) is 42.3 Å². The van der Waals surface area contributed by atoms with Gasteiger partial charge in [-0.05, 0) is 76.4 Å². The molecule has 2 aromatic rings. The number of piperidine rings is 1. The van der Waals surface area contributed by atoms with E-state index in [4.69, 9.17) is 9.90 Å². The van der Waals surface area contributed by atoms with Crippen LogP contribution in [-0.4, -0.2) is 99.4 Å². The van der Waals surface area contributed by atoms with Crippen LogP contribution in [0.5, 0.6) is 0 Å². The molecular formula is C38H58F3N5O6S. The average Bonchev–Trinajstić information content (AvgIpc) is 3.57. The second-order valence-corrected chi connectivity index (χ2v) is 15.7. The van der Waals surface area contributed by atoms with E-state index in [0.717, 1.165) is 42.8 Å². The third kappa shape index (κ3) is 14.3. The van der Waals surface area contributed by atoms with Gasteiger partial charge in [-0.3, -0.25) is 24.6 Å². The summed E-state index contributed by atoms with van der Waals surface area (Å²) in [6.07, 6.45) is 1.45. The first-order chi connectivity index (χ1) is 24.7. The zero-order valence-corrected chi connectivity index (χ0v) is 33.0. The minimum atomic E-state index is -5.08. The van der Waals surface area contributed by atoms with E-state index >= 15 is 0 Å². The summed E-state index contributed by atoms with van der Waals surface area (Å²) in [5, 5.41) is 26.1. The molecule has 0 aliphatic carbocycles. The van der Waals surface area contributed by atoms with Crippen molar-refractivity contribution in [3.05, 3.63) is 52.0 Å². The van der Waals surface area contributed by atoms with Crippen molar-refractivity contribution in [2.75, 3.05) is 20.6 Å². The summed E-state index contributed by atoms with van der Waals surface area (Å²) in [5.41, 5.74) is 1.17. The van der Waals surface area contributed by atoms with E-state index in [1.165, 1.54) is 17.8 Å². The summed E-state index contributed by atoms with van der Waals surface area (Å²) >= 11 is 1.45. The second-order valence-electron chi connectivity index (χ2n) is 14.7. The van der Waals surface area contributed by atoms with Gasteiger partial charge in [0.15, 0.2) is 0 Å². The lowest BCUT2D eigenvalue weighted by Gasteiger charge is -2.47. The van der Waals surface area contributed by atoms with Crippen molar-refractivity contribution in [3.8, 4) is 0 Å². The van der Waals surface area contributed by atoms with Gasteiger partial charge in [-0.25, -0.2) is 9.78 Å². The maximum absolute atomic E-state index is 14.1. The third-order valence-corrected chi connectivity index (χ3v) is 11.1. The Labute approximate surface area is 315 Å². The van der Waals surface area contributed by atoms with Crippen LogP contribution in [-0.2, 0) is 27.2 Å². The maximum atomic E-state index is 14.1. The number of halogens is 3. The fourth-order valence-electron chi connectivity index (χ4n) is 6.49. The van der Waals surface area contributed by atoms with Crippen molar-refractivity contribution in [2.24, 2.45) is 17.8 Å². The van der Waals surface area contributed by atoms with Gasteiger partial charge in [-0.15, -0.1) is 11.3 Å². The molecule has 1 aliphatic heterocycles.